The van der Waals surface area contributed by atoms with Gasteiger partial charge < -0.3 is 14.8 Å². The fraction of sp³-hybridized carbons (Fsp3) is 0.632. The van der Waals surface area contributed by atoms with E-state index in [1.807, 2.05) is 12.1 Å². The number of likely N-dealkylation sites (tertiary alicyclic amines) is 1. The summed E-state index contributed by atoms with van der Waals surface area (Å²) in [5, 5.41) is 3.20. The number of hydrogen-bond acceptors (Lipinski definition) is 4. The fourth-order valence-corrected chi connectivity index (χ4v) is 3.99. The standard InChI is InChI=1S/C19H26N2O3/c1-23-15-7-5-13(6-8-15)10-21-11-16-9-17(18(12-21)24-16)19(22)20-14-3-2-4-14/h5-8,14,16-18H,2-4,9-12H2,1H3,(H,20,22)/t16-,17+,18-/m1/s1. The third kappa shape index (κ3) is 3.28. The van der Waals surface area contributed by atoms with Gasteiger partial charge in [-0.2, -0.15) is 0 Å². The van der Waals surface area contributed by atoms with Gasteiger partial charge in [0, 0.05) is 25.7 Å². The summed E-state index contributed by atoms with van der Waals surface area (Å²) in [7, 11) is 1.68. The normalized spacial score (nSPS) is 30.0. The molecule has 2 saturated heterocycles. The number of hydrogen-bond donors (Lipinski definition) is 1. The van der Waals surface area contributed by atoms with Gasteiger partial charge in [0.2, 0.25) is 5.91 Å². The van der Waals surface area contributed by atoms with Crippen LogP contribution in [0.4, 0.5) is 0 Å². The molecule has 5 nitrogen and oxygen atoms in total. The fourth-order valence-electron chi connectivity index (χ4n) is 3.99. The van der Waals surface area contributed by atoms with Crippen LogP contribution in [0.1, 0.15) is 31.2 Å². The highest BCUT2D eigenvalue weighted by Crippen LogP contribution is 2.33. The number of nitrogens with one attached hydrogen (secondary N) is 1. The van der Waals surface area contributed by atoms with E-state index in [2.05, 4.69) is 22.3 Å². The van der Waals surface area contributed by atoms with E-state index < -0.39 is 0 Å². The van der Waals surface area contributed by atoms with Crippen molar-refractivity contribution < 1.29 is 14.3 Å². The lowest BCUT2D eigenvalue weighted by Gasteiger charge is -2.33. The molecule has 5 heteroatoms. The quantitative estimate of drug-likeness (QED) is 0.897. The molecule has 24 heavy (non-hydrogen) atoms. The van der Waals surface area contributed by atoms with Crippen molar-refractivity contribution in [3.63, 3.8) is 0 Å². The van der Waals surface area contributed by atoms with E-state index in [9.17, 15) is 4.79 Å². The monoisotopic (exact) mass is 330 g/mol. The Morgan fingerprint density at radius 3 is 2.75 bits per heavy atom. The third-order valence-corrected chi connectivity index (χ3v) is 5.59. The molecule has 2 bridgehead atoms. The van der Waals surface area contributed by atoms with E-state index in [0.29, 0.717) is 6.04 Å². The number of carbonyl (C=O) groups excluding carboxylic acids is 1. The van der Waals surface area contributed by atoms with Gasteiger partial charge in [-0.3, -0.25) is 9.69 Å². The lowest BCUT2D eigenvalue weighted by atomic mass is 9.91. The Balaban J connectivity index is 1.34. The van der Waals surface area contributed by atoms with E-state index in [1.54, 1.807) is 7.11 Å². The van der Waals surface area contributed by atoms with Crippen LogP contribution in [0.5, 0.6) is 5.75 Å². The molecule has 4 rings (SSSR count). The van der Waals surface area contributed by atoms with Gasteiger partial charge in [0.1, 0.15) is 5.75 Å². The zero-order valence-corrected chi connectivity index (χ0v) is 14.2. The van der Waals surface area contributed by atoms with E-state index in [0.717, 1.165) is 44.6 Å². The topological polar surface area (TPSA) is 50.8 Å². The van der Waals surface area contributed by atoms with Crippen LogP contribution < -0.4 is 10.1 Å². The Kier molecular flexibility index (Phi) is 4.46. The minimum atomic E-state index is 0.0245. The van der Waals surface area contributed by atoms with Crippen molar-refractivity contribution in [1.82, 2.24) is 10.2 Å². The number of benzene rings is 1. The summed E-state index contributed by atoms with van der Waals surface area (Å²) < 4.78 is 11.3. The first-order valence-corrected chi connectivity index (χ1v) is 9.02. The maximum Gasteiger partial charge on any atom is 0.226 e. The van der Waals surface area contributed by atoms with Crippen molar-refractivity contribution in [3.8, 4) is 5.75 Å². The van der Waals surface area contributed by atoms with Crippen LogP contribution in [0.15, 0.2) is 24.3 Å². The molecule has 1 aliphatic carbocycles. The minimum absolute atomic E-state index is 0.0245. The Hall–Kier alpha value is -1.59. The summed E-state index contributed by atoms with van der Waals surface area (Å²) in [5.41, 5.74) is 1.27. The number of nitrogens with zero attached hydrogens (tertiary/aromatic N) is 1. The van der Waals surface area contributed by atoms with Crippen molar-refractivity contribution in [2.45, 2.75) is 50.5 Å². The molecular weight excluding hydrogens is 304 g/mol. The first-order chi connectivity index (χ1) is 11.7. The number of fused-ring (bicyclic) bond motifs is 2. The maximum absolute atomic E-state index is 12.5. The van der Waals surface area contributed by atoms with Crippen LogP contribution in [0.25, 0.3) is 0 Å². The van der Waals surface area contributed by atoms with E-state index in [-0.39, 0.29) is 24.0 Å². The molecule has 3 fully saturated rings. The van der Waals surface area contributed by atoms with Gasteiger partial charge in [-0.1, -0.05) is 12.1 Å². The highest BCUT2D eigenvalue weighted by molar-refractivity contribution is 5.80. The molecule has 2 aliphatic heterocycles. The molecule has 3 aliphatic rings. The molecule has 0 aromatic heterocycles. The van der Waals surface area contributed by atoms with Gasteiger partial charge in [-0.05, 0) is 43.4 Å². The van der Waals surface area contributed by atoms with Crippen LogP contribution >= 0.6 is 0 Å². The Bertz CT molecular complexity index is 585. The molecule has 0 unspecified atom stereocenters. The molecular formula is C19H26N2O3. The molecule has 130 valence electrons. The lowest BCUT2D eigenvalue weighted by molar-refractivity contribution is -0.129. The predicted molar refractivity (Wildman–Crippen MR) is 90.8 cm³/mol. The Morgan fingerprint density at radius 2 is 2.08 bits per heavy atom. The highest BCUT2D eigenvalue weighted by Gasteiger charge is 2.45. The highest BCUT2D eigenvalue weighted by atomic mass is 16.5. The van der Waals surface area contributed by atoms with Gasteiger partial charge in [-0.15, -0.1) is 0 Å². The SMILES string of the molecule is COc1ccc(CN2C[C@H]3C[C@H](C(=O)NC4CCC4)[C@@H](C2)O3)cc1. The molecule has 3 atom stereocenters. The molecule has 1 amide bonds. The summed E-state index contributed by atoms with van der Waals surface area (Å²) >= 11 is 0. The maximum atomic E-state index is 12.5. The number of ether oxygens (including phenoxy) is 2. The van der Waals surface area contributed by atoms with Crippen LogP contribution in [-0.2, 0) is 16.1 Å². The van der Waals surface area contributed by atoms with Crippen molar-refractivity contribution in [2.24, 2.45) is 5.92 Å². The largest absolute Gasteiger partial charge is 0.497 e. The smallest absolute Gasteiger partial charge is 0.226 e. The van der Waals surface area contributed by atoms with Gasteiger partial charge in [-0.25, -0.2) is 0 Å². The molecule has 1 aromatic rings. The molecule has 0 spiro atoms. The van der Waals surface area contributed by atoms with Crippen LogP contribution in [0, 0.1) is 5.92 Å². The van der Waals surface area contributed by atoms with Crippen molar-refractivity contribution in [2.75, 3.05) is 20.2 Å². The molecule has 0 radical (unpaired) electrons. The van der Waals surface area contributed by atoms with Crippen molar-refractivity contribution in [1.29, 1.82) is 0 Å². The Morgan fingerprint density at radius 1 is 1.29 bits per heavy atom. The second-order valence-electron chi connectivity index (χ2n) is 7.32. The van der Waals surface area contributed by atoms with Gasteiger partial charge >= 0.3 is 0 Å². The van der Waals surface area contributed by atoms with Crippen LogP contribution in [-0.4, -0.2) is 49.3 Å². The predicted octanol–water partition coefficient (Wildman–Crippen LogP) is 1.95. The van der Waals surface area contributed by atoms with E-state index in [4.69, 9.17) is 9.47 Å². The van der Waals surface area contributed by atoms with Crippen molar-refractivity contribution in [3.05, 3.63) is 29.8 Å². The zero-order chi connectivity index (χ0) is 16.5. The van der Waals surface area contributed by atoms with E-state index >= 15 is 0 Å². The van der Waals surface area contributed by atoms with Crippen molar-refractivity contribution >= 4 is 5.91 Å². The molecule has 1 saturated carbocycles. The number of amides is 1. The number of methoxy groups -OCH3 is 1. The summed E-state index contributed by atoms with van der Waals surface area (Å²) in [6.45, 7) is 2.65. The minimum Gasteiger partial charge on any atom is -0.497 e. The summed E-state index contributed by atoms with van der Waals surface area (Å²) in [6, 6.07) is 8.63. The number of morpholine rings is 1. The lowest BCUT2D eigenvalue weighted by Crippen LogP contribution is -2.47. The van der Waals surface area contributed by atoms with E-state index in [1.165, 1.54) is 12.0 Å². The molecule has 1 N–H and O–H groups in total. The first kappa shape index (κ1) is 15.9. The summed E-state index contributed by atoms with van der Waals surface area (Å²) in [4.78, 5) is 14.9. The second-order valence-corrected chi connectivity index (χ2v) is 7.32. The first-order valence-electron chi connectivity index (χ1n) is 9.02. The van der Waals surface area contributed by atoms with Crippen LogP contribution in [0.2, 0.25) is 0 Å². The average molecular weight is 330 g/mol. The number of carbonyl (C=O) groups is 1. The van der Waals surface area contributed by atoms with Gasteiger partial charge in [0.05, 0.1) is 25.2 Å². The summed E-state index contributed by atoms with van der Waals surface area (Å²) in [6.07, 6.45) is 4.62. The third-order valence-electron chi connectivity index (χ3n) is 5.59. The van der Waals surface area contributed by atoms with Gasteiger partial charge in [0.15, 0.2) is 0 Å². The molecule has 1 aromatic carbocycles. The van der Waals surface area contributed by atoms with Gasteiger partial charge in [0.25, 0.3) is 0 Å². The average Bonchev–Trinajstić information content (AvgIpc) is 2.86. The Labute approximate surface area is 143 Å². The molecule has 2 heterocycles. The number of rotatable bonds is 5. The summed E-state index contributed by atoms with van der Waals surface area (Å²) in [5.74, 6) is 1.11. The van der Waals surface area contributed by atoms with Crippen LogP contribution in [0.3, 0.4) is 0 Å². The zero-order valence-electron chi connectivity index (χ0n) is 14.2. The second kappa shape index (κ2) is 6.73.